The predicted molar refractivity (Wildman–Crippen MR) is 86.2 cm³/mol. The zero-order valence-electron chi connectivity index (χ0n) is 12.3. The van der Waals surface area contributed by atoms with Crippen molar-refractivity contribution in [2.75, 3.05) is 0 Å². The van der Waals surface area contributed by atoms with E-state index < -0.39 is 0 Å². The summed E-state index contributed by atoms with van der Waals surface area (Å²) in [6, 6.07) is 18.5. The van der Waals surface area contributed by atoms with E-state index in [1.165, 1.54) is 73.6 Å². The van der Waals surface area contributed by atoms with Crippen LogP contribution in [0.1, 0.15) is 47.9 Å². The van der Waals surface area contributed by atoms with E-state index in [1.807, 2.05) is 0 Å². The van der Waals surface area contributed by atoms with Crippen molar-refractivity contribution < 1.29 is 0 Å². The average molecular weight is 264 g/mol. The van der Waals surface area contributed by atoms with E-state index in [-0.39, 0.29) is 0 Å². The predicted octanol–water partition coefficient (Wildman–Crippen LogP) is 5.13. The quantitative estimate of drug-likeness (QED) is 0.618. The lowest BCUT2D eigenvalue weighted by Gasteiger charge is -2.05. The first-order valence-corrected chi connectivity index (χ1v) is 8.06. The Hall–Kier alpha value is -1.56. The molecule has 0 atom stereocenters. The minimum absolute atomic E-state index is 1.22. The highest BCUT2D eigenvalue weighted by Gasteiger charge is 2.01. The third kappa shape index (κ3) is 3.72. The number of rotatable bonds is 0. The Balaban J connectivity index is 1.73. The summed E-state index contributed by atoms with van der Waals surface area (Å²) >= 11 is 0. The van der Waals surface area contributed by atoms with Gasteiger partial charge in [-0.3, -0.25) is 0 Å². The fraction of sp³-hybridized carbons (Fsp3) is 0.400. The van der Waals surface area contributed by atoms with Crippen LogP contribution in [0.2, 0.25) is 0 Å². The summed E-state index contributed by atoms with van der Waals surface area (Å²) in [5.41, 5.74) is 6.04. The maximum Gasteiger partial charge on any atom is -0.0279 e. The van der Waals surface area contributed by atoms with Crippen LogP contribution in [0.4, 0.5) is 0 Å². The summed E-state index contributed by atoms with van der Waals surface area (Å²) in [6.07, 6.45) is 10.1. The van der Waals surface area contributed by atoms with Crippen LogP contribution in [0.5, 0.6) is 0 Å². The molecule has 0 unspecified atom stereocenters. The molecule has 0 amide bonds. The van der Waals surface area contributed by atoms with E-state index in [2.05, 4.69) is 48.5 Å². The van der Waals surface area contributed by atoms with Gasteiger partial charge in [0.25, 0.3) is 0 Å². The Bertz CT molecular complexity index is 490. The van der Waals surface area contributed by atoms with Gasteiger partial charge >= 0.3 is 0 Å². The average Bonchev–Trinajstić information content (AvgIpc) is 2.50. The zero-order valence-corrected chi connectivity index (χ0v) is 12.3. The normalized spacial score (nSPS) is 16.4. The number of aryl methyl sites for hydroxylation is 4. The van der Waals surface area contributed by atoms with Crippen molar-refractivity contribution in [1.29, 1.82) is 0 Å². The van der Waals surface area contributed by atoms with Crippen LogP contribution in [0.3, 0.4) is 0 Å². The second-order valence-electron chi connectivity index (χ2n) is 6.05. The molecular formula is C20H24. The fourth-order valence-corrected chi connectivity index (χ4v) is 3.13. The summed E-state index contributed by atoms with van der Waals surface area (Å²) in [5, 5.41) is 0. The first-order chi connectivity index (χ1) is 9.90. The van der Waals surface area contributed by atoms with E-state index in [4.69, 9.17) is 0 Å². The maximum atomic E-state index is 2.42. The van der Waals surface area contributed by atoms with Gasteiger partial charge in [-0.15, -0.1) is 0 Å². The first kappa shape index (κ1) is 13.4. The Morgan fingerprint density at radius 2 is 0.850 bits per heavy atom. The molecule has 4 rings (SSSR count). The van der Waals surface area contributed by atoms with Crippen molar-refractivity contribution >= 4 is 0 Å². The van der Waals surface area contributed by atoms with Gasteiger partial charge in [-0.05, 0) is 73.6 Å². The third-order valence-corrected chi connectivity index (χ3v) is 4.38. The van der Waals surface area contributed by atoms with Crippen molar-refractivity contribution in [3.63, 3.8) is 0 Å². The molecule has 0 spiro atoms. The van der Waals surface area contributed by atoms with Gasteiger partial charge in [0, 0.05) is 0 Å². The van der Waals surface area contributed by atoms with E-state index in [0.717, 1.165) is 0 Å². The molecule has 0 heteroatoms. The van der Waals surface area contributed by atoms with Gasteiger partial charge in [0.05, 0.1) is 0 Å². The highest BCUT2D eigenvalue weighted by molar-refractivity contribution is 5.25. The van der Waals surface area contributed by atoms with Gasteiger partial charge < -0.3 is 0 Å². The third-order valence-electron chi connectivity index (χ3n) is 4.38. The van der Waals surface area contributed by atoms with Crippen molar-refractivity contribution in [3.8, 4) is 0 Å². The Morgan fingerprint density at radius 3 is 1.30 bits per heavy atom. The van der Waals surface area contributed by atoms with Crippen LogP contribution < -0.4 is 0 Å². The summed E-state index contributed by atoms with van der Waals surface area (Å²) in [4.78, 5) is 0. The van der Waals surface area contributed by atoms with Gasteiger partial charge in [0.2, 0.25) is 0 Å². The molecule has 0 N–H and O–H groups in total. The van der Waals surface area contributed by atoms with Crippen molar-refractivity contribution in [2.45, 2.75) is 51.4 Å². The molecule has 0 nitrogen and oxygen atoms in total. The molecule has 104 valence electrons. The minimum Gasteiger partial charge on any atom is -0.0617 e. The Labute approximate surface area is 122 Å². The zero-order chi connectivity index (χ0) is 13.6. The fourth-order valence-electron chi connectivity index (χ4n) is 3.13. The molecule has 2 aromatic rings. The minimum atomic E-state index is 1.22. The Kier molecular flexibility index (Phi) is 4.53. The van der Waals surface area contributed by atoms with E-state index in [1.54, 1.807) is 0 Å². The molecular weight excluding hydrogens is 240 g/mol. The van der Waals surface area contributed by atoms with E-state index in [9.17, 15) is 0 Å². The van der Waals surface area contributed by atoms with Crippen LogP contribution in [-0.2, 0) is 25.7 Å². The van der Waals surface area contributed by atoms with Crippen LogP contribution >= 0.6 is 0 Å². The Morgan fingerprint density at radius 1 is 0.450 bits per heavy atom. The summed E-state index contributed by atoms with van der Waals surface area (Å²) < 4.78 is 0. The lowest BCUT2D eigenvalue weighted by Crippen LogP contribution is -1.91. The molecule has 2 aromatic carbocycles. The molecule has 20 heavy (non-hydrogen) atoms. The number of fused-ring (bicyclic) bond motifs is 8. The van der Waals surface area contributed by atoms with E-state index in [0.29, 0.717) is 0 Å². The maximum absolute atomic E-state index is 2.42. The lowest BCUT2D eigenvalue weighted by molar-refractivity contribution is 0.730. The number of hydrogen-bond acceptors (Lipinski definition) is 0. The SMILES string of the molecule is c1cc2cc(c1)CCCCc1ccc(cc1)CCCC2. The van der Waals surface area contributed by atoms with E-state index >= 15 is 0 Å². The summed E-state index contributed by atoms with van der Waals surface area (Å²) in [7, 11) is 0. The highest BCUT2D eigenvalue weighted by atomic mass is 14.1. The smallest absolute Gasteiger partial charge is 0.0279 e. The topological polar surface area (TPSA) is 0 Å². The van der Waals surface area contributed by atoms with Crippen LogP contribution in [0.15, 0.2) is 48.5 Å². The molecule has 0 saturated carbocycles. The first-order valence-electron chi connectivity index (χ1n) is 8.06. The van der Waals surface area contributed by atoms with Gasteiger partial charge in [-0.1, -0.05) is 48.5 Å². The van der Waals surface area contributed by atoms with Crippen molar-refractivity contribution in [3.05, 3.63) is 70.8 Å². The van der Waals surface area contributed by atoms with Gasteiger partial charge in [-0.25, -0.2) is 0 Å². The molecule has 0 radical (unpaired) electrons. The summed E-state index contributed by atoms with van der Waals surface area (Å²) in [6.45, 7) is 0. The lowest BCUT2D eigenvalue weighted by atomic mass is 10.0. The van der Waals surface area contributed by atoms with Crippen molar-refractivity contribution in [1.82, 2.24) is 0 Å². The van der Waals surface area contributed by atoms with Gasteiger partial charge in [0.1, 0.15) is 0 Å². The monoisotopic (exact) mass is 264 g/mol. The largest absolute Gasteiger partial charge is 0.0617 e. The van der Waals surface area contributed by atoms with Gasteiger partial charge in [0.15, 0.2) is 0 Å². The number of benzene rings is 2. The summed E-state index contributed by atoms with van der Waals surface area (Å²) in [5.74, 6) is 0. The molecule has 0 heterocycles. The van der Waals surface area contributed by atoms with Crippen LogP contribution in [-0.4, -0.2) is 0 Å². The molecule has 0 aliphatic heterocycles. The molecule has 2 aliphatic carbocycles. The molecule has 2 aliphatic rings. The number of hydrogen-bond donors (Lipinski definition) is 0. The molecule has 0 saturated heterocycles. The van der Waals surface area contributed by atoms with Crippen molar-refractivity contribution in [2.24, 2.45) is 0 Å². The second kappa shape index (κ2) is 6.74. The molecule has 0 aromatic heterocycles. The molecule has 4 bridgehead atoms. The second-order valence-corrected chi connectivity index (χ2v) is 6.05. The van der Waals surface area contributed by atoms with Crippen LogP contribution in [0, 0.1) is 0 Å². The van der Waals surface area contributed by atoms with Crippen LogP contribution in [0.25, 0.3) is 0 Å². The van der Waals surface area contributed by atoms with Gasteiger partial charge in [-0.2, -0.15) is 0 Å². The molecule has 0 fully saturated rings. The standard InChI is InChI=1S/C20H24/c1-3-8-19-10-5-11-20(16-19)9-4-2-7-18-14-12-17(6-1)13-15-18/h5,10-16H,1-4,6-9H2. The highest BCUT2D eigenvalue weighted by Crippen LogP contribution is 2.16.